The maximum absolute atomic E-state index is 2.35. The lowest BCUT2D eigenvalue weighted by Crippen LogP contribution is -2.10. The maximum atomic E-state index is 2.35. The minimum Gasteiger partial charge on any atom is -0.0654 e. The van der Waals surface area contributed by atoms with Gasteiger partial charge in [-0.1, -0.05) is 65.2 Å². The molecule has 0 heteroatoms. The van der Waals surface area contributed by atoms with Crippen molar-refractivity contribution in [3.8, 4) is 0 Å². The van der Waals surface area contributed by atoms with Gasteiger partial charge in [0.05, 0.1) is 0 Å². The summed E-state index contributed by atoms with van der Waals surface area (Å²) in [7, 11) is 0. The van der Waals surface area contributed by atoms with Crippen molar-refractivity contribution >= 4 is 0 Å². The second-order valence-corrected chi connectivity index (χ2v) is 5.27. The summed E-state index contributed by atoms with van der Waals surface area (Å²) in [6.07, 6.45) is 15.9. The van der Waals surface area contributed by atoms with Gasteiger partial charge in [0.2, 0.25) is 0 Å². The van der Waals surface area contributed by atoms with Crippen molar-refractivity contribution in [2.45, 2.75) is 84.5 Å². The monoisotopic (exact) mass is 209 g/mol. The van der Waals surface area contributed by atoms with Crippen LogP contribution in [0.15, 0.2) is 0 Å². The molecular weight excluding hydrogens is 180 g/mol. The van der Waals surface area contributed by atoms with Crippen LogP contribution in [0, 0.1) is 11.8 Å². The van der Waals surface area contributed by atoms with Crippen LogP contribution in [0.25, 0.3) is 0 Å². The molecular formula is C15H29. The molecule has 0 aromatic heterocycles. The largest absolute Gasteiger partial charge is 0.0654 e. The number of hydrogen-bond donors (Lipinski definition) is 0. The van der Waals surface area contributed by atoms with Crippen LogP contribution < -0.4 is 0 Å². The summed E-state index contributed by atoms with van der Waals surface area (Å²) < 4.78 is 0. The average Bonchev–Trinajstić information content (AvgIpc) is 2.29. The summed E-state index contributed by atoms with van der Waals surface area (Å²) in [5.74, 6) is 2.91. The van der Waals surface area contributed by atoms with Gasteiger partial charge in [0.1, 0.15) is 0 Å². The fraction of sp³-hybridized carbons (Fsp3) is 0.933. The minimum atomic E-state index is 1.05. The lowest BCUT2D eigenvalue weighted by Gasteiger charge is -2.25. The molecule has 1 radical (unpaired) electrons. The van der Waals surface area contributed by atoms with Crippen LogP contribution in [0.5, 0.6) is 0 Å². The molecule has 0 unspecified atom stereocenters. The van der Waals surface area contributed by atoms with E-state index in [2.05, 4.69) is 13.8 Å². The third kappa shape index (κ3) is 5.58. The van der Waals surface area contributed by atoms with Crippen molar-refractivity contribution in [1.29, 1.82) is 0 Å². The van der Waals surface area contributed by atoms with Crippen LogP contribution in [-0.4, -0.2) is 0 Å². The third-order valence-electron chi connectivity index (χ3n) is 3.94. The molecule has 0 N–H and O–H groups in total. The highest BCUT2D eigenvalue weighted by Gasteiger charge is 2.17. The van der Waals surface area contributed by atoms with Crippen LogP contribution >= 0.6 is 0 Å². The zero-order valence-electron chi connectivity index (χ0n) is 10.9. The van der Waals surface area contributed by atoms with Gasteiger partial charge in [0, 0.05) is 0 Å². The first-order valence-electron chi connectivity index (χ1n) is 7.20. The SMILES string of the molecule is CCCCC[C](CC)CC1CCCCC1. The Balaban J connectivity index is 2.13. The van der Waals surface area contributed by atoms with Crippen molar-refractivity contribution < 1.29 is 0 Å². The predicted molar refractivity (Wildman–Crippen MR) is 68.9 cm³/mol. The Morgan fingerprint density at radius 1 is 1.00 bits per heavy atom. The van der Waals surface area contributed by atoms with E-state index in [0.717, 1.165) is 5.92 Å². The molecule has 1 rings (SSSR count). The molecule has 1 saturated carbocycles. The molecule has 0 spiro atoms. The van der Waals surface area contributed by atoms with Gasteiger partial charge >= 0.3 is 0 Å². The smallest absolute Gasteiger partial charge is 0.0241 e. The van der Waals surface area contributed by atoms with Gasteiger partial charge in [-0.05, 0) is 31.1 Å². The molecule has 1 aliphatic rings. The number of unbranched alkanes of at least 4 members (excludes halogenated alkanes) is 2. The van der Waals surface area contributed by atoms with Crippen LogP contribution in [-0.2, 0) is 0 Å². The number of hydrogen-bond acceptors (Lipinski definition) is 0. The standard InChI is InChI=1S/C15H29/c1-3-5-7-10-14(4-2)13-15-11-8-6-9-12-15/h15H,3-13H2,1-2H3. The van der Waals surface area contributed by atoms with E-state index in [4.69, 9.17) is 0 Å². The van der Waals surface area contributed by atoms with E-state index in [1.165, 1.54) is 70.6 Å². The van der Waals surface area contributed by atoms with E-state index in [9.17, 15) is 0 Å². The van der Waals surface area contributed by atoms with E-state index in [1.807, 2.05) is 5.92 Å². The molecule has 0 bridgehead atoms. The summed E-state index contributed by atoms with van der Waals surface area (Å²) in [5, 5.41) is 0. The van der Waals surface area contributed by atoms with Crippen LogP contribution in [0.3, 0.4) is 0 Å². The average molecular weight is 209 g/mol. The summed E-state index contributed by atoms with van der Waals surface area (Å²) in [6.45, 7) is 4.65. The van der Waals surface area contributed by atoms with Gasteiger partial charge in [-0.3, -0.25) is 0 Å². The fourth-order valence-electron chi connectivity index (χ4n) is 2.85. The third-order valence-corrected chi connectivity index (χ3v) is 3.94. The second kappa shape index (κ2) is 8.19. The van der Waals surface area contributed by atoms with Crippen molar-refractivity contribution in [3.63, 3.8) is 0 Å². The van der Waals surface area contributed by atoms with E-state index in [-0.39, 0.29) is 0 Å². The van der Waals surface area contributed by atoms with E-state index in [1.54, 1.807) is 0 Å². The minimum absolute atomic E-state index is 1.05. The maximum Gasteiger partial charge on any atom is -0.0241 e. The lowest BCUT2D eigenvalue weighted by molar-refractivity contribution is 0.335. The van der Waals surface area contributed by atoms with Crippen LogP contribution in [0.1, 0.15) is 84.5 Å². The first kappa shape index (κ1) is 13.1. The van der Waals surface area contributed by atoms with Gasteiger partial charge < -0.3 is 0 Å². The highest BCUT2D eigenvalue weighted by Crippen LogP contribution is 2.32. The van der Waals surface area contributed by atoms with Crippen molar-refractivity contribution in [3.05, 3.63) is 5.92 Å². The summed E-state index contributed by atoms with van der Waals surface area (Å²) in [4.78, 5) is 0. The Morgan fingerprint density at radius 3 is 2.33 bits per heavy atom. The number of rotatable bonds is 7. The zero-order chi connectivity index (χ0) is 10.9. The molecule has 0 nitrogen and oxygen atoms in total. The van der Waals surface area contributed by atoms with Crippen molar-refractivity contribution in [2.75, 3.05) is 0 Å². The summed E-state index contributed by atoms with van der Waals surface area (Å²) >= 11 is 0. The Bertz CT molecular complexity index is 133. The quantitative estimate of drug-likeness (QED) is 0.484. The van der Waals surface area contributed by atoms with E-state index in [0.29, 0.717) is 0 Å². The van der Waals surface area contributed by atoms with Gasteiger partial charge in [0.15, 0.2) is 0 Å². The normalized spacial score (nSPS) is 18.6. The van der Waals surface area contributed by atoms with Crippen LogP contribution in [0.4, 0.5) is 0 Å². The van der Waals surface area contributed by atoms with E-state index < -0.39 is 0 Å². The Hall–Kier alpha value is 0. The second-order valence-electron chi connectivity index (χ2n) is 5.27. The van der Waals surface area contributed by atoms with Crippen LogP contribution in [0.2, 0.25) is 0 Å². The van der Waals surface area contributed by atoms with E-state index >= 15 is 0 Å². The van der Waals surface area contributed by atoms with Gasteiger partial charge in [-0.2, -0.15) is 0 Å². The molecule has 0 heterocycles. The van der Waals surface area contributed by atoms with Gasteiger partial charge in [-0.15, -0.1) is 0 Å². The lowest BCUT2D eigenvalue weighted by atomic mass is 9.80. The molecule has 0 aromatic carbocycles. The Labute approximate surface area is 96.8 Å². The molecule has 0 aliphatic heterocycles. The molecule has 15 heavy (non-hydrogen) atoms. The Morgan fingerprint density at radius 2 is 1.73 bits per heavy atom. The summed E-state index contributed by atoms with van der Waals surface area (Å²) in [6, 6.07) is 0. The molecule has 0 amide bonds. The molecule has 89 valence electrons. The summed E-state index contributed by atoms with van der Waals surface area (Å²) in [5.41, 5.74) is 0. The molecule has 0 saturated heterocycles. The van der Waals surface area contributed by atoms with Crippen molar-refractivity contribution in [2.24, 2.45) is 5.92 Å². The highest BCUT2D eigenvalue weighted by molar-refractivity contribution is 4.90. The molecule has 0 aromatic rings. The topological polar surface area (TPSA) is 0 Å². The molecule has 1 fully saturated rings. The highest BCUT2D eigenvalue weighted by atomic mass is 14.2. The first-order chi connectivity index (χ1) is 7.36. The first-order valence-corrected chi connectivity index (χ1v) is 7.20. The van der Waals surface area contributed by atoms with Crippen molar-refractivity contribution in [1.82, 2.24) is 0 Å². The zero-order valence-corrected chi connectivity index (χ0v) is 10.9. The molecule has 0 atom stereocenters. The Kier molecular flexibility index (Phi) is 7.13. The van der Waals surface area contributed by atoms with Gasteiger partial charge in [0.25, 0.3) is 0 Å². The van der Waals surface area contributed by atoms with Gasteiger partial charge in [-0.25, -0.2) is 0 Å². The fourth-order valence-corrected chi connectivity index (χ4v) is 2.85. The molecule has 1 aliphatic carbocycles. The predicted octanol–water partition coefficient (Wildman–Crippen LogP) is 5.52.